The van der Waals surface area contributed by atoms with Gasteiger partial charge in [-0.3, -0.25) is 4.79 Å². The smallest absolute Gasteiger partial charge is 0.224 e. The van der Waals surface area contributed by atoms with Crippen LogP contribution in [-0.2, 0) is 4.79 Å². The molecule has 0 fully saturated rings. The lowest BCUT2D eigenvalue weighted by Gasteiger charge is -2.13. The molecule has 86 valence electrons. The fourth-order valence-electron chi connectivity index (χ4n) is 1.41. The fourth-order valence-corrected chi connectivity index (χ4v) is 1.41. The van der Waals surface area contributed by atoms with Crippen LogP contribution in [0, 0.1) is 18.3 Å². The van der Waals surface area contributed by atoms with Crippen LogP contribution >= 0.6 is 0 Å². The molecule has 0 aromatic carbocycles. The lowest BCUT2D eigenvalue weighted by Crippen LogP contribution is -2.35. The van der Waals surface area contributed by atoms with Crippen LogP contribution in [0.2, 0.25) is 0 Å². The topological polar surface area (TPSA) is 55.1 Å². The lowest BCUT2D eigenvalue weighted by atomic mass is 10.0. The largest absolute Gasteiger partial charge is 0.356 e. The zero-order valence-corrected chi connectivity index (χ0v) is 9.59. The normalized spacial score (nSPS) is 11.8. The third-order valence-corrected chi connectivity index (χ3v) is 2.34. The number of unbranched alkanes of at least 4 members (excludes halogenated alkanes) is 2. The third-order valence-electron chi connectivity index (χ3n) is 2.34. The highest BCUT2D eigenvalue weighted by Gasteiger charge is 2.14. The van der Waals surface area contributed by atoms with Crippen LogP contribution in [0.25, 0.3) is 0 Å². The predicted molar refractivity (Wildman–Crippen MR) is 63.1 cm³/mol. The Morgan fingerprint density at radius 1 is 1.53 bits per heavy atom. The van der Waals surface area contributed by atoms with Gasteiger partial charge in [-0.05, 0) is 19.3 Å². The minimum atomic E-state index is -0.0253. The molecule has 0 saturated heterocycles. The molecule has 15 heavy (non-hydrogen) atoms. The molecule has 0 saturated carbocycles. The molecule has 0 spiro atoms. The molecule has 1 unspecified atom stereocenters. The second kappa shape index (κ2) is 9.54. The summed E-state index contributed by atoms with van der Waals surface area (Å²) in [6, 6.07) is 0. The van der Waals surface area contributed by atoms with Gasteiger partial charge in [0, 0.05) is 19.5 Å². The van der Waals surface area contributed by atoms with Gasteiger partial charge in [0.1, 0.15) is 0 Å². The van der Waals surface area contributed by atoms with E-state index in [0.29, 0.717) is 13.1 Å². The summed E-state index contributed by atoms with van der Waals surface area (Å²) in [5, 5.41) is 2.89. The first kappa shape index (κ1) is 14.0. The number of amides is 1. The number of carbonyl (C=O) groups excluding carboxylic acids is 1. The standard InChI is InChI=1S/C12H22N2O/c1-3-5-6-7-9-14-12(15)11(10-13)8-4-2/h1,11H,4-10,13H2,2H3,(H,14,15). The first-order chi connectivity index (χ1) is 7.26. The highest BCUT2D eigenvalue weighted by Crippen LogP contribution is 2.04. The molecule has 1 atom stereocenters. The van der Waals surface area contributed by atoms with Gasteiger partial charge in [0.2, 0.25) is 5.91 Å². The molecule has 0 aliphatic carbocycles. The summed E-state index contributed by atoms with van der Waals surface area (Å²) in [6.45, 7) is 3.20. The van der Waals surface area contributed by atoms with E-state index in [1.165, 1.54) is 0 Å². The van der Waals surface area contributed by atoms with Crippen molar-refractivity contribution in [3.8, 4) is 12.3 Å². The molecule has 0 radical (unpaired) electrons. The fraction of sp³-hybridized carbons (Fsp3) is 0.750. The Morgan fingerprint density at radius 3 is 2.80 bits per heavy atom. The van der Waals surface area contributed by atoms with Gasteiger partial charge in [-0.25, -0.2) is 0 Å². The first-order valence-corrected chi connectivity index (χ1v) is 5.67. The summed E-state index contributed by atoms with van der Waals surface area (Å²) >= 11 is 0. The van der Waals surface area contributed by atoms with Gasteiger partial charge in [-0.1, -0.05) is 13.3 Å². The van der Waals surface area contributed by atoms with E-state index in [2.05, 4.69) is 18.2 Å². The number of carbonyl (C=O) groups is 1. The number of terminal acetylenes is 1. The van der Waals surface area contributed by atoms with Gasteiger partial charge in [0.25, 0.3) is 0 Å². The average Bonchev–Trinajstić information content (AvgIpc) is 2.25. The van der Waals surface area contributed by atoms with Crippen LogP contribution in [0.1, 0.15) is 39.0 Å². The van der Waals surface area contributed by atoms with E-state index in [1.54, 1.807) is 0 Å². The highest BCUT2D eigenvalue weighted by atomic mass is 16.1. The Kier molecular flexibility index (Phi) is 8.90. The summed E-state index contributed by atoms with van der Waals surface area (Å²) in [5.74, 6) is 2.64. The van der Waals surface area contributed by atoms with Crippen molar-refractivity contribution in [1.29, 1.82) is 0 Å². The maximum Gasteiger partial charge on any atom is 0.224 e. The molecule has 3 heteroatoms. The minimum absolute atomic E-state index is 0.0253. The molecule has 0 aliphatic rings. The Bertz CT molecular complexity index is 208. The lowest BCUT2D eigenvalue weighted by molar-refractivity contribution is -0.124. The summed E-state index contributed by atoms with van der Waals surface area (Å²) in [6.07, 6.45) is 9.68. The Labute approximate surface area is 92.8 Å². The van der Waals surface area contributed by atoms with E-state index in [-0.39, 0.29) is 11.8 Å². The van der Waals surface area contributed by atoms with E-state index in [4.69, 9.17) is 12.2 Å². The molecule has 3 N–H and O–H groups in total. The maximum absolute atomic E-state index is 11.6. The number of nitrogens with one attached hydrogen (secondary N) is 1. The maximum atomic E-state index is 11.6. The van der Waals surface area contributed by atoms with Crippen molar-refractivity contribution in [3.63, 3.8) is 0 Å². The molecule has 0 aromatic rings. The quantitative estimate of drug-likeness (QED) is 0.468. The number of rotatable bonds is 8. The zero-order chi connectivity index (χ0) is 11.5. The third kappa shape index (κ3) is 6.98. The molecule has 0 aliphatic heterocycles. The highest BCUT2D eigenvalue weighted by molar-refractivity contribution is 5.78. The molecule has 0 heterocycles. The van der Waals surface area contributed by atoms with Gasteiger partial charge in [0.05, 0.1) is 5.92 Å². The number of hydrogen-bond donors (Lipinski definition) is 2. The first-order valence-electron chi connectivity index (χ1n) is 5.67. The van der Waals surface area contributed by atoms with Gasteiger partial charge < -0.3 is 11.1 Å². The van der Waals surface area contributed by atoms with E-state index in [0.717, 1.165) is 32.1 Å². The molecule has 3 nitrogen and oxygen atoms in total. The van der Waals surface area contributed by atoms with Crippen LogP contribution in [0.3, 0.4) is 0 Å². The van der Waals surface area contributed by atoms with Crippen LogP contribution < -0.4 is 11.1 Å². The second-order valence-electron chi connectivity index (χ2n) is 3.67. The number of nitrogens with two attached hydrogens (primary N) is 1. The molecule has 0 aromatic heterocycles. The van der Waals surface area contributed by atoms with Gasteiger partial charge >= 0.3 is 0 Å². The average molecular weight is 210 g/mol. The molecular formula is C12H22N2O. The van der Waals surface area contributed by atoms with Crippen LogP contribution in [0.4, 0.5) is 0 Å². The van der Waals surface area contributed by atoms with Crippen LogP contribution in [-0.4, -0.2) is 19.0 Å². The molecule has 0 bridgehead atoms. The monoisotopic (exact) mass is 210 g/mol. The van der Waals surface area contributed by atoms with E-state index in [1.807, 2.05) is 0 Å². The van der Waals surface area contributed by atoms with Gasteiger partial charge in [0.15, 0.2) is 0 Å². The van der Waals surface area contributed by atoms with E-state index < -0.39 is 0 Å². The van der Waals surface area contributed by atoms with Crippen molar-refractivity contribution in [1.82, 2.24) is 5.32 Å². The van der Waals surface area contributed by atoms with Crippen LogP contribution in [0.15, 0.2) is 0 Å². The summed E-state index contributed by atoms with van der Waals surface area (Å²) in [4.78, 5) is 11.6. The molecule has 0 rings (SSSR count). The molecule has 1 amide bonds. The van der Waals surface area contributed by atoms with Crippen molar-refractivity contribution in [2.75, 3.05) is 13.1 Å². The Hall–Kier alpha value is -1.01. The van der Waals surface area contributed by atoms with Crippen LogP contribution in [0.5, 0.6) is 0 Å². The van der Waals surface area contributed by atoms with Gasteiger partial charge in [-0.15, -0.1) is 12.3 Å². The summed E-state index contributed by atoms with van der Waals surface area (Å²) in [7, 11) is 0. The predicted octanol–water partition coefficient (Wildman–Crippen LogP) is 1.28. The van der Waals surface area contributed by atoms with Crippen molar-refractivity contribution >= 4 is 5.91 Å². The second-order valence-corrected chi connectivity index (χ2v) is 3.67. The zero-order valence-electron chi connectivity index (χ0n) is 9.59. The van der Waals surface area contributed by atoms with Gasteiger partial charge in [-0.2, -0.15) is 0 Å². The SMILES string of the molecule is C#CCCCCNC(=O)C(CN)CCC. The van der Waals surface area contributed by atoms with Crippen molar-refractivity contribution in [2.24, 2.45) is 11.7 Å². The molecular weight excluding hydrogens is 188 g/mol. The van der Waals surface area contributed by atoms with Crippen molar-refractivity contribution in [2.45, 2.75) is 39.0 Å². The van der Waals surface area contributed by atoms with E-state index >= 15 is 0 Å². The summed E-state index contributed by atoms with van der Waals surface area (Å²) in [5.41, 5.74) is 5.52. The van der Waals surface area contributed by atoms with Crippen molar-refractivity contribution < 1.29 is 4.79 Å². The summed E-state index contributed by atoms with van der Waals surface area (Å²) < 4.78 is 0. The number of hydrogen-bond acceptors (Lipinski definition) is 2. The van der Waals surface area contributed by atoms with Crippen molar-refractivity contribution in [3.05, 3.63) is 0 Å². The Morgan fingerprint density at radius 2 is 2.27 bits per heavy atom. The van der Waals surface area contributed by atoms with E-state index in [9.17, 15) is 4.79 Å². The minimum Gasteiger partial charge on any atom is -0.356 e. The Balaban J connectivity index is 3.58.